The van der Waals surface area contributed by atoms with Gasteiger partial charge in [0.25, 0.3) is 5.88 Å². The van der Waals surface area contributed by atoms with Gasteiger partial charge in [-0.2, -0.15) is 5.26 Å². The van der Waals surface area contributed by atoms with E-state index < -0.39 is 0 Å². The van der Waals surface area contributed by atoms with Gasteiger partial charge >= 0.3 is 0 Å². The van der Waals surface area contributed by atoms with Crippen LogP contribution in [-0.2, 0) is 16.1 Å². The average molecular weight is 352 g/mol. The van der Waals surface area contributed by atoms with Crippen LogP contribution in [0.15, 0.2) is 42.7 Å². The normalized spacial score (nSPS) is 16.7. The van der Waals surface area contributed by atoms with Gasteiger partial charge in [-0.3, -0.25) is 4.79 Å². The van der Waals surface area contributed by atoms with Crippen LogP contribution in [0, 0.1) is 11.3 Å². The van der Waals surface area contributed by atoms with Crippen molar-refractivity contribution in [3.05, 3.63) is 54.0 Å². The van der Waals surface area contributed by atoms with Crippen molar-refractivity contribution in [1.82, 2.24) is 14.9 Å². The van der Waals surface area contributed by atoms with E-state index in [4.69, 9.17) is 14.7 Å². The van der Waals surface area contributed by atoms with Crippen molar-refractivity contribution in [1.29, 1.82) is 5.26 Å². The largest absolute Gasteiger partial charge is 0.470 e. The highest BCUT2D eigenvalue weighted by molar-refractivity contribution is 5.77. The van der Waals surface area contributed by atoms with Gasteiger partial charge in [0.2, 0.25) is 11.6 Å². The van der Waals surface area contributed by atoms with E-state index in [0.29, 0.717) is 19.7 Å². The van der Waals surface area contributed by atoms with Gasteiger partial charge in [0.15, 0.2) is 0 Å². The number of hydrogen-bond donors (Lipinski definition) is 0. The maximum absolute atomic E-state index is 12.4. The summed E-state index contributed by atoms with van der Waals surface area (Å²) < 4.78 is 11.3. The first-order valence-electron chi connectivity index (χ1n) is 8.53. The summed E-state index contributed by atoms with van der Waals surface area (Å²) in [5, 5.41) is 9.07. The fourth-order valence-electron chi connectivity index (χ4n) is 2.83. The summed E-state index contributed by atoms with van der Waals surface area (Å²) in [6.07, 6.45) is 4.37. The summed E-state index contributed by atoms with van der Waals surface area (Å²) in [5.74, 6) is 0.156. The molecule has 7 heteroatoms. The second kappa shape index (κ2) is 8.92. The lowest BCUT2D eigenvalue weighted by atomic mass is 10.1. The second-order valence-corrected chi connectivity index (χ2v) is 6.02. The number of likely N-dealkylation sites (tertiary alicyclic amines) is 1. The number of aromatic nitrogens is 2. The molecule has 1 aliphatic rings. The zero-order chi connectivity index (χ0) is 18.2. The molecule has 0 N–H and O–H groups in total. The molecule has 1 aromatic carbocycles. The van der Waals surface area contributed by atoms with E-state index in [1.54, 1.807) is 4.90 Å². The summed E-state index contributed by atoms with van der Waals surface area (Å²) in [4.78, 5) is 22.1. The number of rotatable bonds is 6. The van der Waals surface area contributed by atoms with Gasteiger partial charge in [-0.25, -0.2) is 9.97 Å². The van der Waals surface area contributed by atoms with Crippen molar-refractivity contribution in [2.75, 3.05) is 19.7 Å². The summed E-state index contributed by atoms with van der Waals surface area (Å²) in [6.45, 7) is 1.58. The molecule has 26 heavy (non-hydrogen) atoms. The highest BCUT2D eigenvalue weighted by atomic mass is 16.5. The number of nitrogens with zero attached hydrogens (tertiary/aromatic N) is 4. The minimum absolute atomic E-state index is 0.0379. The fourth-order valence-corrected chi connectivity index (χ4v) is 2.83. The lowest BCUT2D eigenvalue weighted by molar-refractivity contribution is -0.139. The minimum atomic E-state index is -0.203. The summed E-state index contributed by atoms with van der Waals surface area (Å²) in [6, 6.07) is 11.7. The van der Waals surface area contributed by atoms with E-state index >= 15 is 0 Å². The zero-order valence-electron chi connectivity index (χ0n) is 14.4. The van der Waals surface area contributed by atoms with Gasteiger partial charge in [-0.15, -0.1) is 0 Å². The Bertz CT molecular complexity index is 776. The standard InChI is InChI=1S/C19H20N4O3/c20-11-17-19(22-9-8-21-17)26-16-7-4-10-23(12-16)18(24)14-25-13-15-5-2-1-3-6-15/h1-3,5-6,8-9,16H,4,7,10,12-14H2. The highest BCUT2D eigenvalue weighted by Gasteiger charge is 2.26. The van der Waals surface area contributed by atoms with Gasteiger partial charge in [-0.05, 0) is 18.4 Å². The van der Waals surface area contributed by atoms with E-state index in [-0.39, 0.29) is 30.2 Å². The number of nitriles is 1. The Labute approximate surface area is 152 Å². The SMILES string of the molecule is N#Cc1nccnc1OC1CCCN(C(=O)COCc2ccccc2)C1. The molecule has 1 atom stereocenters. The van der Waals surface area contributed by atoms with Crippen LogP contribution in [0.25, 0.3) is 0 Å². The maximum atomic E-state index is 12.4. The molecule has 0 saturated carbocycles. The first-order valence-corrected chi connectivity index (χ1v) is 8.53. The molecule has 2 heterocycles. The number of ether oxygens (including phenoxy) is 2. The number of amides is 1. The van der Waals surface area contributed by atoms with Crippen molar-refractivity contribution in [3.8, 4) is 11.9 Å². The Balaban J connectivity index is 1.49. The van der Waals surface area contributed by atoms with Crippen molar-refractivity contribution in [2.24, 2.45) is 0 Å². The quantitative estimate of drug-likeness (QED) is 0.789. The van der Waals surface area contributed by atoms with Crippen LogP contribution in [-0.4, -0.2) is 46.6 Å². The van der Waals surface area contributed by atoms with Crippen molar-refractivity contribution in [2.45, 2.75) is 25.6 Å². The minimum Gasteiger partial charge on any atom is -0.470 e. The number of carbonyl (C=O) groups excluding carboxylic acids is 1. The Morgan fingerprint density at radius 2 is 2.08 bits per heavy atom. The molecule has 3 rings (SSSR count). The summed E-state index contributed by atoms with van der Waals surface area (Å²) in [7, 11) is 0. The second-order valence-electron chi connectivity index (χ2n) is 6.02. The Morgan fingerprint density at radius 1 is 1.27 bits per heavy atom. The molecule has 0 radical (unpaired) electrons. The van der Waals surface area contributed by atoms with Gasteiger partial charge in [0.05, 0.1) is 13.2 Å². The van der Waals surface area contributed by atoms with Crippen LogP contribution in [0.1, 0.15) is 24.1 Å². The Morgan fingerprint density at radius 3 is 2.88 bits per heavy atom. The third-order valence-electron chi connectivity index (χ3n) is 4.12. The zero-order valence-corrected chi connectivity index (χ0v) is 14.4. The van der Waals surface area contributed by atoms with Crippen LogP contribution >= 0.6 is 0 Å². The molecule has 1 aliphatic heterocycles. The van der Waals surface area contributed by atoms with Crippen LogP contribution in [0.5, 0.6) is 5.88 Å². The van der Waals surface area contributed by atoms with E-state index in [1.165, 1.54) is 12.4 Å². The lowest BCUT2D eigenvalue weighted by Gasteiger charge is -2.32. The predicted octanol–water partition coefficient (Wildman–Crippen LogP) is 1.93. The van der Waals surface area contributed by atoms with Gasteiger partial charge < -0.3 is 14.4 Å². The van der Waals surface area contributed by atoms with Gasteiger partial charge in [-0.1, -0.05) is 30.3 Å². The number of carbonyl (C=O) groups is 1. The van der Waals surface area contributed by atoms with E-state index in [1.807, 2.05) is 36.4 Å². The fraction of sp³-hybridized carbons (Fsp3) is 0.368. The summed E-state index contributed by atoms with van der Waals surface area (Å²) >= 11 is 0. The maximum Gasteiger partial charge on any atom is 0.251 e. The van der Waals surface area contributed by atoms with E-state index in [0.717, 1.165) is 18.4 Å². The molecule has 1 unspecified atom stereocenters. The molecule has 0 aliphatic carbocycles. The number of benzene rings is 1. The smallest absolute Gasteiger partial charge is 0.251 e. The molecular formula is C19H20N4O3. The Hall–Kier alpha value is -2.98. The van der Waals surface area contributed by atoms with Crippen LogP contribution in [0.4, 0.5) is 0 Å². The van der Waals surface area contributed by atoms with E-state index in [9.17, 15) is 4.79 Å². The lowest BCUT2D eigenvalue weighted by Crippen LogP contribution is -2.45. The van der Waals surface area contributed by atoms with Crippen molar-refractivity contribution < 1.29 is 14.3 Å². The third kappa shape index (κ3) is 4.77. The molecule has 0 spiro atoms. The molecule has 0 bridgehead atoms. The molecule has 1 amide bonds. The van der Waals surface area contributed by atoms with Crippen LogP contribution in [0.2, 0.25) is 0 Å². The molecule has 7 nitrogen and oxygen atoms in total. The first-order chi connectivity index (χ1) is 12.8. The Kier molecular flexibility index (Phi) is 6.12. The monoisotopic (exact) mass is 352 g/mol. The number of hydrogen-bond acceptors (Lipinski definition) is 6. The molecule has 134 valence electrons. The molecule has 1 aromatic heterocycles. The van der Waals surface area contributed by atoms with E-state index in [2.05, 4.69) is 9.97 Å². The summed E-state index contributed by atoms with van der Waals surface area (Å²) in [5.41, 5.74) is 1.19. The molecule has 2 aromatic rings. The van der Waals surface area contributed by atoms with Gasteiger partial charge in [0, 0.05) is 18.9 Å². The third-order valence-corrected chi connectivity index (χ3v) is 4.12. The number of piperidine rings is 1. The predicted molar refractivity (Wildman–Crippen MR) is 93.1 cm³/mol. The molecule has 1 fully saturated rings. The molecule has 1 saturated heterocycles. The van der Waals surface area contributed by atoms with Crippen LogP contribution in [0.3, 0.4) is 0 Å². The molecular weight excluding hydrogens is 332 g/mol. The topological polar surface area (TPSA) is 88.3 Å². The first kappa shape index (κ1) is 17.8. The van der Waals surface area contributed by atoms with Crippen LogP contribution < -0.4 is 4.74 Å². The average Bonchev–Trinajstić information content (AvgIpc) is 2.69. The van der Waals surface area contributed by atoms with Crippen molar-refractivity contribution >= 4 is 5.91 Å². The van der Waals surface area contributed by atoms with Crippen molar-refractivity contribution in [3.63, 3.8) is 0 Å². The highest BCUT2D eigenvalue weighted by Crippen LogP contribution is 2.18. The van der Waals surface area contributed by atoms with Gasteiger partial charge in [0.1, 0.15) is 18.8 Å².